The zero-order valence-corrected chi connectivity index (χ0v) is 15.6. The quantitative estimate of drug-likeness (QED) is 0.767. The lowest BCUT2D eigenvalue weighted by Crippen LogP contribution is -2.43. The molecule has 2 saturated carbocycles. The molecule has 1 amide bonds. The van der Waals surface area contributed by atoms with E-state index in [1.807, 2.05) is 29.8 Å². The molecule has 0 aliphatic heterocycles. The van der Waals surface area contributed by atoms with Crippen molar-refractivity contribution in [2.45, 2.75) is 49.2 Å². The van der Waals surface area contributed by atoms with Crippen LogP contribution in [0.3, 0.4) is 0 Å². The molecule has 142 valence electrons. The van der Waals surface area contributed by atoms with Gasteiger partial charge in [-0.1, -0.05) is 18.2 Å². The zero-order valence-electron chi connectivity index (χ0n) is 14.7. The van der Waals surface area contributed by atoms with Crippen molar-refractivity contribution < 1.29 is 22.3 Å². The number of amides is 1. The maximum Gasteiger partial charge on any atom is 0.281 e. The van der Waals surface area contributed by atoms with Crippen molar-refractivity contribution in [3.63, 3.8) is 0 Å². The summed E-state index contributed by atoms with van der Waals surface area (Å²) < 4.78 is 45.9. The highest BCUT2D eigenvalue weighted by molar-refractivity contribution is 7.90. The Kier molecular flexibility index (Phi) is 4.18. The van der Waals surface area contributed by atoms with Gasteiger partial charge < -0.3 is 4.74 Å². The molecule has 2 aliphatic rings. The standard InChI is InChI=1S/C19H19FN2O4S/c1-12-5-8-14(13-6-7-13)15(11-12)26-19(9-10-19)18(23)22-27(24,25)17-4-2-3-16(20)21-17/h2-5,8,11,13H,6-7,9-10H2,1H3,(H,22,23). The number of benzene rings is 1. The summed E-state index contributed by atoms with van der Waals surface area (Å²) in [4.78, 5) is 16.0. The van der Waals surface area contributed by atoms with E-state index >= 15 is 0 Å². The predicted octanol–water partition coefficient (Wildman–Crippen LogP) is 2.82. The van der Waals surface area contributed by atoms with E-state index in [4.69, 9.17) is 4.74 Å². The maximum atomic E-state index is 13.2. The molecule has 4 rings (SSSR count). The summed E-state index contributed by atoms with van der Waals surface area (Å²) >= 11 is 0. The molecular weight excluding hydrogens is 371 g/mol. The second-order valence-electron chi connectivity index (χ2n) is 7.15. The van der Waals surface area contributed by atoms with Gasteiger partial charge in [0.25, 0.3) is 15.9 Å². The van der Waals surface area contributed by atoms with Gasteiger partial charge in [-0.2, -0.15) is 12.8 Å². The Morgan fingerprint density at radius 2 is 2.00 bits per heavy atom. The highest BCUT2D eigenvalue weighted by Gasteiger charge is 2.54. The summed E-state index contributed by atoms with van der Waals surface area (Å²) in [5.41, 5.74) is 0.842. The molecule has 2 aromatic rings. The van der Waals surface area contributed by atoms with Crippen LogP contribution in [0, 0.1) is 12.9 Å². The van der Waals surface area contributed by atoms with E-state index in [-0.39, 0.29) is 0 Å². The molecule has 0 atom stereocenters. The summed E-state index contributed by atoms with van der Waals surface area (Å²) in [6.07, 6.45) is 3.00. The Balaban J connectivity index is 1.55. The van der Waals surface area contributed by atoms with Gasteiger partial charge in [0.2, 0.25) is 5.95 Å². The first kappa shape index (κ1) is 17.9. The molecule has 0 spiro atoms. The van der Waals surface area contributed by atoms with Crippen molar-refractivity contribution in [1.82, 2.24) is 9.71 Å². The fourth-order valence-electron chi connectivity index (χ4n) is 2.97. The Labute approximate surface area is 156 Å². The van der Waals surface area contributed by atoms with Gasteiger partial charge in [0, 0.05) is 12.8 Å². The molecule has 0 unspecified atom stereocenters. The predicted molar refractivity (Wildman–Crippen MR) is 95.3 cm³/mol. The number of rotatable bonds is 6. The molecule has 1 aromatic heterocycles. The second-order valence-corrected chi connectivity index (χ2v) is 8.77. The van der Waals surface area contributed by atoms with Gasteiger partial charge in [0.05, 0.1) is 0 Å². The number of sulfonamides is 1. The Morgan fingerprint density at radius 3 is 2.63 bits per heavy atom. The second kappa shape index (κ2) is 6.30. The minimum absolute atomic E-state index is 0.420. The van der Waals surface area contributed by atoms with E-state index < -0.39 is 32.5 Å². The van der Waals surface area contributed by atoms with Gasteiger partial charge in [0.15, 0.2) is 10.6 Å². The van der Waals surface area contributed by atoms with Crippen LogP contribution in [0.2, 0.25) is 0 Å². The Hall–Kier alpha value is -2.48. The number of carbonyl (C=O) groups is 1. The van der Waals surface area contributed by atoms with Crippen LogP contribution in [-0.4, -0.2) is 24.9 Å². The molecule has 0 bridgehead atoms. The SMILES string of the molecule is Cc1ccc(C2CC2)c(OC2(C(=O)NS(=O)(=O)c3cccc(F)n3)CC2)c1. The molecule has 1 aromatic carbocycles. The number of aromatic nitrogens is 1. The van der Waals surface area contributed by atoms with Crippen molar-refractivity contribution in [3.8, 4) is 5.75 Å². The average Bonchev–Trinajstić information content (AvgIpc) is 3.50. The van der Waals surface area contributed by atoms with Crippen molar-refractivity contribution in [2.75, 3.05) is 0 Å². The zero-order chi connectivity index (χ0) is 19.2. The fourth-order valence-corrected chi connectivity index (χ4v) is 3.97. The minimum atomic E-state index is -4.27. The first-order chi connectivity index (χ1) is 12.8. The summed E-state index contributed by atoms with van der Waals surface area (Å²) in [5.74, 6) is -0.625. The van der Waals surface area contributed by atoms with E-state index in [1.54, 1.807) is 0 Å². The number of nitrogens with zero attached hydrogens (tertiary/aromatic N) is 1. The average molecular weight is 390 g/mol. The Bertz CT molecular complexity index is 1010. The van der Waals surface area contributed by atoms with Gasteiger partial charge in [-0.25, -0.2) is 9.71 Å². The minimum Gasteiger partial charge on any atom is -0.477 e. The first-order valence-electron chi connectivity index (χ1n) is 8.78. The van der Waals surface area contributed by atoms with Crippen molar-refractivity contribution in [1.29, 1.82) is 0 Å². The van der Waals surface area contributed by atoms with Crippen LogP contribution in [0.25, 0.3) is 0 Å². The molecule has 2 fully saturated rings. The topological polar surface area (TPSA) is 85.4 Å². The Morgan fingerprint density at radius 1 is 1.26 bits per heavy atom. The highest BCUT2D eigenvalue weighted by atomic mass is 32.2. The molecule has 0 saturated heterocycles. The molecule has 2 aliphatic carbocycles. The largest absolute Gasteiger partial charge is 0.477 e. The number of hydrogen-bond acceptors (Lipinski definition) is 5. The fraction of sp³-hybridized carbons (Fsp3) is 0.368. The van der Waals surface area contributed by atoms with Crippen LogP contribution in [0.15, 0.2) is 41.4 Å². The monoisotopic (exact) mass is 390 g/mol. The summed E-state index contributed by atoms with van der Waals surface area (Å²) in [5, 5.41) is -0.541. The van der Waals surface area contributed by atoms with Crippen LogP contribution in [-0.2, 0) is 14.8 Å². The third-order valence-electron chi connectivity index (χ3n) is 4.80. The van der Waals surface area contributed by atoms with Gasteiger partial charge in [-0.05, 0) is 55.0 Å². The number of halogens is 1. The number of aryl methyl sites for hydroxylation is 1. The van der Waals surface area contributed by atoms with E-state index in [1.165, 1.54) is 6.07 Å². The van der Waals surface area contributed by atoms with Crippen molar-refractivity contribution >= 4 is 15.9 Å². The van der Waals surface area contributed by atoms with E-state index in [2.05, 4.69) is 4.98 Å². The van der Waals surface area contributed by atoms with Crippen LogP contribution < -0.4 is 9.46 Å². The lowest BCUT2D eigenvalue weighted by atomic mass is 10.1. The van der Waals surface area contributed by atoms with Crippen LogP contribution in [0.4, 0.5) is 4.39 Å². The number of carbonyl (C=O) groups excluding carboxylic acids is 1. The molecule has 6 nitrogen and oxygen atoms in total. The van der Waals surface area contributed by atoms with Crippen LogP contribution >= 0.6 is 0 Å². The third-order valence-corrected chi connectivity index (χ3v) is 6.03. The highest BCUT2D eigenvalue weighted by Crippen LogP contribution is 2.48. The van der Waals surface area contributed by atoms with E-state index in [0.717, 1.165) is 36.1 Å². The molecule has 1 heterocycles. The van der Waals surface area contributed by atoms with Crippen LogP contribution in [0.1, 0.15) is 42.7 Å². The summed E-state index contributed by atoms with van der Waals surface area (Å²) in [7, 11) is -4.27. The smallest absolute Gasteiger partial charge is 0.281 e. The number of nitrogens with one attached hydrogen (secondary N) is 1. The number of ether oxygens (including phenoxy) is 1. The molecule has 8 heteroatoms. The summed E-state index contributed by atoms with van der Waals surface area (Å²) in [6, 6.07) is 9.27. The third kappa shape index (κ3) is 3.66. The van der Waals surface area contributed by atoms with Crippen molar-refractivity contribution in [3.05, 3.63) is 53.5 Å². The first-order valence-corrected chi connectivity index (χ1v) is 10.3. The maximum absolute atomic E-state index is 13.2. The van der Waals surface area contributed by atoms with E-state index in [9.17, 15) is 17.6 Å². The van der Waals surface area contributed by atoms with Crippen molar-refractivity contribution in [2.24, 2.45) is 0 Å². The molecule has 0 radical (unpaired) electrons. The van der Waals surface area contributed by atoms with Crippen LogP contribution in [0.5, 0.6) is 5.75 Å². The van der Waals surface area contributed by atoms with Gasteiger partial charge >= 0.3 is 0 Å². The molecular formula is C19H19FN2O4S. The van der Waals surface area contributed by atoms with Gasteiger partial charge in [-0.3, -0.25) is 4.79 Å². The normalized spacial score (nSPS) is 18.0. The van der Waals surface area contributed by atoms with E-state index in [0.29, 0.717) is 24.5 Å². The lowest BCUT2D eigenvalue weighted by Gasteiger charge is -2.20. The van der Waals surface area contributed by atoms with Gasteiger partial charge in [0.1, 0.15) is 5.75 Å². The molecule has 1 N–H and O–H groups in total. The molecule has 27 heavy (non-hydrogen) atoms. The lowest BCUT2D eigenvalue weighted by molar-refractivity contribution is -0.128. The number of hydrogen-bond donors (Lipinski definition) is 1. The van der Waals surface area contributed by atoms with Gasteiger partial charge in [-0.15, -0.1) is 0 Å². The summed E-state index contributed by atoms with van der Waals surface area (Å²) in [6.45, 7) is 1.93. The number of pyridine rings is 1.